The highest BCUT2D eigenvalue weighted by atomic mass is 16.3. The lowest BCUT2D eigenvalue weighted by molar-refractivity contribution is 0.615. The Hall–Kier alpha value is -2.35. The van der Waals surface area contributed by atoms with Gasteiger partial charge in [0.05, 0.1) is 0 Å². The molecule has 0 saturated carbocycles. The molecule has 0 amide bonds. The second-order valence-electron chi connectivity index (χ2n) is 4.12. The lowest BCUT2D eigenvalue weighted by Crippen LogP contribution is -1.83. The molecule has 0 spiro atoms. The highest BCUT2D eigenvalue weighted by Gasteiger charge is 2.09. The molecule has 88 valence electrons. The third-order valence-corrected chi connectivity index (χ3v) is 2.98. The van der Waals surface area contributed by atoms with Crippen molar-refractivity contribution in [1.29, 1.82) is 0 Å². The fourth-order valence-corrected chi connectivity index (χ4v) is 2.21. The van der Waals surface area contributed by atoms with Gasteiger partial charge in [-0.15, -0.1) is 0 Å². The first kappa shape index (κ1) is 10.8. The predicted octanol–water partition coefficient (Wildman–Crippen LogP) is 4.15. The Morgan fingerprint density at radius 2 is 1.83 bits per heavy atom. The summed E-state index contributed by atoms with van der Waals surface area (Å²) in [6.07, 6.45) is 3.59. The number of furan rings is 1. The van der Waals surface area contributed by atoms with E-state index in [0.29, 0.717) is 0 Å². The van der Waals surface area contributed by atoms with Gasteiger partial charge in [0.15, 0.2) is 0 Å². The van der Waals surface area contributed by atoms with E-state index in [1.807, 2.05) is 36.5 Å². The molecule has 2 aromatic carbocycles. The molecular weight excluding hydrogens is 222 g/mol. The Labute approximate surface area is 106 Å². The number of fused-ring (bicyclic) bond motifs is 1. The van der Waals surface area contributed by atoms with Crippen LogP contribution in [0.25, 0.3) is 22.1 Å². The molecule has 2 heteroatoms. The number of benzene rings is 2. The van der Waals surface area contributed by atoms with Crippen LogP contribution >= 0.6 is 0 Å². The molecule has 0 aliphatic carbocycles. The van der Waals surface area contributed by atoms with Gasteiger partial charge in [-0.3, -0.25) is 4.99 Å². The minimum atomic E-state index is 0.895. The van der Waals surface area contributed by atoms with Gasteiger partial charge < -0.3 is 4.42 Å². The molecule has 2 nitrogen and oxygen atoms in total. The van der Waals surface area contributed by atoms with Crippen molar-refractivity contribution >= 4 is 17.2 Å². The van der Waals surface area contributed by atoms with E-state index in [4.69, 9.17) is 4.42 Å². The molecule has 0 N–H and O–H groups in total. The second-order valence-corrected chi connectivity index (χ2v) is 4.12. The van der Waals surface area contributed by atoms with E-state index in [1.54, 1.807) is 13.3 Å². The molecule has 0 bridgehead atoms. The van der Waals surface area contributed by atoms with Gasteiger partial charge in [-0.2, -0.15) is 0 Å². The highest BCUT2D eigenvalue weighted by molar-refractivity contribution is 6.05. The van der Waals surface area contributed by atoms with Crippen LogP contribution in [0.3, 0.4) is 0 Å². The molecule has 0 atom stereocenters. The number of rotatable bonds is 2. The highest BCUT2D eigenvalue weighted by Crippen LogP contribution is 2.31. The van der Waals surface area contributed by atoms with Crippen LogP contribution in [0, 0.1) is 0 Å². The molecule has 0 unspecified atom stereocenters. The molecule has 1 aromatic heterocycles. The minimum absolute atomic E-state index is 0.895. The number of aliphatic imine (C=N–C) groups is 1. The summed E-state index contributed by atoms with van der Waals surface area (Å²) in [5.74, 6) is 0. The summed E-state index contributed by atoms with van der Waals surface area (Å²) in [7, 11) is 1.77. The van der Waals surface area contributed by atoms with Crippen LogP contribution in [-0.4, -0.2) is 13.3 Å². The zero-order chi connectivity index (χ0) is 12.4. The van der Waals surface area contributed by atoms with E-state index in [9.17, 15) is 0 Å². The van der Waals surface area contributed by atoms with E-state index in [-0.39, 0.29) is 0 Å². The maximum Gasteiger partial charge on any atom is 0.135 e. The maximum atomic E-state index is 5.57. The van der Waals surface area contributed by atoms with Crippen molar-refractivity contribution in [3.63, 3.8) is 0 Å². The van der Waals surface area contributed by atoms with Crippen molar-refractivity contribution in [3.8, 4) is 11.1 Å². The van der Waals surface area contributed by atoms with E-state index in [0.717, 1.165) is 16.5 Å². The van der Waals surface area contributed by atoms with Crippen LogP contribution in [-0.2, 0) is 0 Å². The lowest BCUT2D eigenvalue weighted by Gasteiger charge is -2.03. The smallest absolute Gasteiger partial charge is 0.135 e. The Balaban J connectivity index is 2.32. The first-order valence-electron chi connectivity index (χ1n) is 5.88. The van der Waals surface area contributed by atoms with Crippen molar-refractivity contribution in [2.75, 3.05) is 7.05 Å². The quantitative estimate of drug-likeness (QED) is 0.612. The van der Waals surface area contributed by atoms with Gasteiger partial charge in [0.1, 0.15) is 11.8 Å². The van der Waals surface area contributed by atoms with Crippen LogP contribution in [0.5, 0.6) is 0 Å². The number of nitrogens with zero attached hydrogens (tertiary/aromatic N) is 1. The van der Waals surface area contributed by atoms with Crippen molar-refractivity contribution in [2.45, 2.75) is 0 Å². The summed E-state index contributed by atoms with van der Waals surface area (Å²) >= 11 is 0. The first-order valence-corrected chi connectivity index (χ1v) is 5.88. The molecule has 18 heavy (non-hydrogen) atoms. The average molecular weight is 235 g/mol. The molecule has 0 aliphatic rings. The van der Waals surface area contributed by atoms with Crippen molar-refractivity contribution in [1.82, 2.24) is 0 Å². The van der Waals surface area contributed by atoms with Crippen LogP contribution in [0.2, 0.25) is 0 Å². The topological polar surface area (TPSA) is 25.5 Å². The summed E-state index contributed by atoms with van der Waals surface area (Å²) in [6.45, 7) is 0. The van der Waals surface area contributed by atoms with Gasteiger partial charge >= 0.3 is 0 Å². The van der Waals surface area contributed by atoms with Gasteiger partial charge in [0.2, 0.25) is 0 Å². The van der Waals surface area contributed by atoms with E-state index in [1.165, 1.54) is 11.1 Å². The standard InChI is InChI=1S/C16H13NO/c1-17-10-13-11-18-15-9-5-8-14(16(13)15)12-6-3-2-4-7-12/h2-11H,1H3/b17-10-. The monoisotopic (exact) mass is 235 g/mol. The van der Waals surface area contributed by atoms with Gasteiger partial charge in [-0.05, 0) is 17.2 Å². The van der Waals surface area contributed by atoms with Gasteiger partial charge in [0.25, 0.3) is 0 Å². The zero-order valence-corrected chi connectivity index (χ0v) is 10.1. The molecule has 0 aliphatic heterocycles. The van der Waals surface area contributed by atoms with Crippen LogP contribution in [0.1, 0.15) is 5.56 Å². The normalized spacial score (nSPS) is 11.4. The van der Waals surface area contributed by atoms with Crippen LogP contribution in [0.4, 0.5) is 0 Å². The third-order valence-electron chi connectivity index (χ3n) is 2.98. The maximum absolute atomic E-state index is 5.57. The van der Waals surface area contributed by atoms with E-state index < -0.39 is 0 Å². The fourth-order valence-electron chi connectivity index (χ4n) is 2.21. The molecule has 0 fully saturated rings. The van der Waals surface area contributed by atoms with Crippen molar-refractivity contribution in [3.05, 3.63) is 60.4 Å². The summed E-state index contributed by atoms with van der Waals surface area (Å²) in [6, 6.07) is 16.4. The largest absolute Gasteiger partial charge is 0.464 e. The molecule has 0 saturated heterocycles. The fraction of sp³-hybridized carbons (Fsp3) is 0.0625. The molecule has 3 aromatic rings. The van der Waals surface area contributed by atoms with Crippen molar-refractivity contribution < 1.29 is 4.42 Å². The molecule has 1 heterocycles. The van der Waals surface area contributed by atoms with Crippen LogP contribution in [0.15, 0.2) is 64.2 Å². The Morgan fingerprint density at radius 1 is 1.00 bits per heavy atom. The first-order chi connectivity index (χ1) is 8.90. The zero-order valence-electron chi connectivity index (χ0n) is 10.1. The lowest BCUT2D eigenvalue weighted by atomic mass is 10.00. The van der Waals surface area contributed by atoms with Gasteiger partial charge in [0, 0.05) is 24.2 Å². The third kappa shape index (κ3) is 1.72. The van der Waals surface area contributed by atoms with E-state index >= 15 is 0 Å². The number of hydrogen-bond acceptors (Lipinski definition) is 2. The summed E-state index contributed by atoms with van der Waals surface area (Å²) in [5, 5.41) is 1.12. The molecule has 0 radical (unpaired) electrons. The summed E-state index contributed by atoms with van der Waals surface area (Å²) in [4.78, 5) is 4.08. The number of hydrogen-bond donors (Lipinski definition) is 0. The Morgan fingerprint density at radius 3 is 2.61 bits per heavy atom. The summed E-state index contributed by atoms with van der Waals surface area (Å²) < 4.78 is 5.57. The SMILES string of the molecule is C/N=C\c1coc2cccc(-c3ccccc3)c12. The average Bonchev–Trinajstić information content (AvgIpc) is 2.84. The molecule has 3 rings (SSSR count). The van der Waals surface area contributed by atoms with Crippen molar-refractivity contribution in [2.24, 2.45) is 4.99 Å². The predicted molar refractivity (Wildman–Crippen MR) is 75.2 cm³/mol. The van der Waals surface area contributed by atoms with Gasteiger partial charge in [-0.25, -0.2) is 0 Å². The summed E-state index contributed by atoms with van der Waals surface area (Å²) in [5.41, 5.74) is 4.28. The Bertz CT molecular complexity index is 695. The van der Waals surface area contributed by atoms with E-state index in [2.05, 4.69) is 23.2 Å². The Kier molecular flexibility index (Phi) is 2.69. The van der Waals surface area contributed by atoms with Crippen LogP contribution < -0.4 is 0 Å². The van der Waals surface area contributed by atoms with Gasteiger partial charge in [-0.1, -0.05) is 42.5 Å². The minimum Gasteiger partial charge on any atom is -0.464 e. The second kappa shape index (κ2) is 4.49. The molecular formula is C16H13NO.